The Balaban J connectivity index is 1.61. The van der Waals surface area contributed by atoms with Crippen LogP contribution >= 0.6 is 0 Å². The first-order valence-corrected chi connectivity index (χ1v) is 9.48. The minimum atomic E-state index is 0.318. The van der Waals surface area contributed by atoms with Gasteiger partial charge in [-0.1, -0.05) is 45.7 Å². The fourth-order valence-corrected chi connectivity index (χ4v) is 3.98. The van der Waals surface area contributed by atoms with E-state index in [0.717, 1.165) is 29.9 Å². The maximum Gasteiger partial charge on any atom is 0.216 e. The molecule has 0 radical (unpaired) electrons. The van der Waals surface area contributed by atoms with Crippen LogP contribution in [0.2, 0.25) is 0 Å². The van der Waals surface area contributed by atoms with Gasteiger partial charge in [0, 0.05) is 5.56 Å². The van der Waals surface area contributed by atoms with E-state index in [1.165, 1.54) is 44.1 Å². The topological polar surface area (TPSA) is 21.6 Å². The number of rotatable bonds is 5. The van der Waals surface area contributed by atoms with Crippen molar-refractivity contribution < 1.29 is 4.74 Å². The van der Waals surface area contributed by atoms with Crippen LogP contribution in [0.25, 0.3) is 0 Å². The van der Waals surface area contributed by atoms with Gasteiger partial charge in [-0.05, 0) is 61.1 Å². The first-order valence-electron chi connectivity index (χ1n) is 9.48. The zero-order valence-corrected chi connectivity index (χ0v) is 14.9. The number of benzene rings is 1. The van der Waals surface area contributed by atoms with Gasteiger partial charge in [0.25, 0.3) is 0 Å². The number of ether oxygens (including phenoxy) is 1. The van der Waals surface area contributed by atoms with Gasteiger partial charge in [-0.3, -0.25) is 0 Å². The molecule has 126 valence electrons. The zero-order valence-electron chi connectivity index (χ0n) is 14.9. The molecule has 0 N–H and O–H groups in total. The number of hydrogen-bond acceptors (Lipinski definition) is 2. The molecule has 1 aromatic carbocycles. The predicted molar refractivity (Wildman–Crippen MR) is 97.2 cm³/mol. The first-order chi connectivity index (χ1) is 11.2. The van der Waals surface area contributed by atoms with Crippen molar-refractivity contribution >= 4 is 5.90 Å². The molecule has 1 aliphatic heterocycles. The third kappa shape index (κ3) is 3.97. The Labute approximate surface area is 141 Å². The van der Waals surface area contributed by atoms with E-state index in [1.807, 2.05) is 0 Å². The van der Waals surface area contributed by atoms with Crippen LogP contribution in [0, 0.1) is 11.8 Å². The van der Waals surface area contributed by atoms with Gasteiger partial charge >= 0.3 is 0 Å². The van der Waals surface area contributed by atoms with Crippen molar-refractivity contribution in [2.24, 2.45) is 16.8 Å². The lowest BCUT2D eigenvalue weighted by atomic mass is 9.77. The summed E-state index contributed by atoms with van der Waals surface area (Å²) in [6, 6.07) is 9.33. The molecular weight excluding hydrogens is 282 g/mol. The molecule has 0 aromatic heterocycles. The van der Waals surface area contributed by atoms with Gasteiger partial charge in [-0.2, -0.15) is 0 Å². The molecule has 0 unspecified atom stereocenters. The molecule has 0 spiro atoms. The second-order valence-electron chi connectivity index (χ2n) is 7.68. The molecule has 2 nitrogen and oxygen atoms in total. The molecule has 1 aliphatic carbocycles. The molecule has 1 aromatic rings. The van der Waals surface area contributed by atoms with Crippen LogP contribution < -0.4 is 0 Å². The van der Waals surface area contributed by atoms with E-state index in [-0.39, 0.29) is 0 Å². The number of hydrogen-bond donors (Lipinski definition) is 0. The van der Waals surface area contributed by atoms with E-state index < -0.39 is 0 Å². The van der Waals surface area contributed by atoms with Gasteiger partial charge in [-0.15, -0.1) is 0 Å². The Kier molecular flexibility index (Phi) is 5.40. The lowest BCUT2D eigenvalue weighted by Gasteiger charge is -2.28. The average Bonchev–Trinajstić information content (AvgIpc) is 3.06. The predicted octanol–water partition coefficient (Wildman–Crippen LogP) is 5.56. The Morgan fingerprint density at radius 2 is 1.78 bits per heavy atom. The Morgan fingerprint density at radius 3 is 2.35 bits per heavy atom. The fraction of sp³-hybridized carbons (Fsp3) is 0.667. The standard InChI is InChI=1S/C21H31NO/c1-4-5-16-6-8-17(9-7-16)18-10-12-19(13-11-18)21-22-20(14-23-21)15(2)3/h10-13,15-17,20H,4-9,14H2,1-3H3/t16?,17?,20-/m1/s1. The van der Waals surface area contributed by atoms with Crippen molar-refractivity contribution in [3.63, 3.8) is 0 Å². The Bertz CT molecular complexity index is 523. The van der Waals surface area contributed by atoms with E-state index >= 15 is 0 Å². The van der Waals surface area contributed by atoms with E-state index in [0.29, 0.717) is 12.0 Å². The van der Waals surface area contributed by atoms with Crippen LogP contribution in [0.5, 0.6) is 0 Å². The highest BCUT2D eigenvalue weighted by atomic mass is 16.5. The molecule has 3 rings (SSSR count). The summed E-state index contributed by atoms with van der Waals surface area (Å²) in [6.45, 7) is 7.45. The van der Waals surface area contributed by atoms with Gasteiger partial charge in [0.15, 0.2) is 0 Å². The molecule has 1 atom stereocenters. The normalized spacial score (nSPS) is 27.8. The minimum absolute atomic E-state index is 0.318. The van der Waals surface area contributed by atoms with E-state index in [4.69, 9.17) is 9.73 Å². The second kappa shape index (κ2) is 7.51. The zero-order chi connectivity index (χ0) is 16.2. The number of nitrogens with zero attached hydrogens (tertiary/aromatic N) is 1. The Morgan fingerprint density at radius 1 is 1.09 bits per heavy atom. The SMILES string of the molecule is CCCC1CCC(c2ccc(C3=N[C@@H](C(C)C)CO3)cc2)CC1. The summed E-state index contributed by atoms with van der Waals surface area (Å²) >= 11 is 0. The van der Waals surface area contributed by atoms with Crippen molar-refractivity contribution in [1.29, 1.82) is 0 Å². The molecule has 0 amide bonds. The summed E-state index contributed by atoms with van der Waals surface area (Å²) in [5, 5.41) is 0. The molecule has 2 aliphatic rings. The van der Waals surface area contributed by atoms with Crippen LogP contribution in [0.1, 0.15) is 76.3 Å². The van der Waals surface area contributed by atoms with Gasteiger partial charge in [0.2, 0.25) is 5.90 Å². The van der Waals surface area contributed by atoms with Crippen molar-refractivity contribution in [3.8, 4) is 0 Å². The molecule has 2 heteroatoms. The lowest BCUT2D eigenvalue weighted by Crippen LogP contribution is -2.13. The highest BCUT2D eigenvalue weighted by molar-refractivity contribution is 5.95. The van der Waals surface area contributed by atoms with E-state index in [2.05, 4.69) is 45.0 Å². The summed E-state index contributed by atoms with van der Waals surface area (Å²) in [4.78, 5) is 4.72. The quantitative estimate of drug-likeness (QED) is 0.697. The van der Waals surface area contributed by atoms with Gasteiger partial charge in [-0.25, -0.2) is 4.99 Å². The monoisotopic (exact) mass is 313 g/mol. The maximum absolute atomic E-state index is 5.79. The molecule has 0 saturated heterocycles. The first kappa shape index (κ1) is 16.5. The second-order valence-corrected chi connectivity index (χ2v) is 7.68. The lowest BCUT2D eigenvalue weighted by molar-refractivity contribution is 0.292. The van der Waals surface area contributed by atoms with Crippen molar-refractivity contribution in [2.75, 3.05) is 6.61 Å². The summed E-state index contributed by atoms with van der Waals surface area (Å²) in [5.41, 5.74) is 2.64. The summed E-state index contributed by atoms with van der Waals surface area (Å²) in [6.07, 6.45) is 8.29. The molecule has 1 saturated carbocycles. The van der Waals surface area contributed by atoms with Crippen LogP contribution in [-0.2, 0) is 4.74 Å². The average molecular weight is 313 g/mol. The van der Waals surface area contributed by atoms with Crippen LogP contribution in [0.15, 0.2) is 29.3 Å². The van der Waals surface area contributed by atoms with E-state index in [1.54, 1.807) is 0 Å². The molecule has 0 bridgehead atoms. The smallest absolute Gasteiger partial charge is 0.216 e. The van der Waals surface area contributed by atoms with Gasteiger partial charge in [0.05, 0.1) is 6.04 Å². The molecule has 1 heterocycles. The van der Waals surface area contributed by atoms with Crippen LogP contribution in [0.3, 0.4) is 0 Å². The third-order valence-corrected chi connectivity index (χ3v) is 5.62. The van der Waals surface area contributed by atoms with Crippen LogP contribution in [0.4, 0.5) is 0 Å². The third-order valence-electron chi connectivity index (χ3n) is 5.62. The fourth-order valence-electron chi connectivity index (χ4n) is 3.98. The summed E-state index contributed by atoms with van der Waals surface area (Å²) < 4.78 is 5.79. The summed E-state index contributed by atoms with van der Waals surface area (Å²) in [7, 11) is 0. The Hall–Kier alpha value is -1.31. The largest absolute Gasteiger partial charge is 0.475 e. The van der Waals surface area contributed by atoms with Gasteiger partial charge < -0.3 is 4.74 Å². The van der Waals surface area contributed by atoms with Crippen LogP contribution in [-0.4, -0.2) is 18.5 Å². The van der Waals surface area contributed by atoms with Crippen molar-refractivity contribution in [1.82, 2.24) is 0 Å². The molecule has 23 heavy (non-hydrogen) atoms. The van der Waals surface area contributed by atoms with Crippen molar-refractivity contribution in [2.45, 2.75) is 71.3 Å². The highest BCUT2D eigenvalue weighted by Crippen LogP contribution is 2.37. The number of aliphatic imine (C=N–C) groups is 1. The highest BCUT2D eigenvalue weighted by Gasteiger charge is 2.24. The minimum Gasteiger partial charge on any atom is -0.475 e. The van der Waals surface area contributed by atoms with E-state index in [9.17, 15) is 0 Å². The maximum atomic E-state index is 5.79. The summed E-state index contributed by atoms with van der Waals surface area (Å²) in [5.74, 6) is 3.11. The van der Waals surface area contributed by atoms with Crippen molar-refractivity contribution in [3.05, 3.63) is 35.4 Å². The molecular formula is C21H31NO. The van der Waals surface area contributed by atoms with Gasteiger partial charge in [0.1, 0.15) is 6.61 Å². The molecule has 1 fully saturated rings.